The number of fused-ring (bicyclic) bond motifs is 1. The molecular formula is C33H45ClN4O5. The molecule has 1 fully saturated rings. The number of amides is 3. The lowest BCUT2D eigenvalue weighted by Crippen LogP contribution is -2.61. The first kappa shape index (κ1) is 32.8. The van der Waals surface area contributed by atoms with Crippen LogP contribution in [0.3, 0.4) is 0 Å². The SMILES string of the molecule is CC(O)[C@H]1C(=O)N[C@H](Cc2ccc(Cl)cc2)C(=O)NCCCc2ccccc2OCCN[C@@H](C2CCCCC2)C(=O)N1C. The Morgan fingerprint density at radius 2 is 1.70 bits per heavy atom. The van der Waals surface area contributed by atoms with Gasteiger partial charge in [-0.05, 0) is 67.9 Å². The number of hydrogen-bond donors (Lipinski definition) is 4. The molecular weight excluding hydrogens is 568 g/mol. The molecule has 9 nitrogen and oxygen atoms in total. The monoisotopic (exact) mass is 612 g/mol. The highest BCUT2D eigenvalue weighted by atomic mass is 35.5. The number of aliphatic hydroxyl groups excluding tert-OH is 1. The fourth-order valence-electron chi connectivity index (χ4n) is 6.16. The van der Waals surface area contributed by atoms with Gasteiger partial charge in [0.05, 0.1) is 12.1 Å². The van der Waals surface area contributed by atoms with E-state index in [-0.39, 0.29) is 24.2 Å². The molecule has 1 heterocycles. The van der Waals surface area contributed by atoms with Crippen molar-refractivity contribution in [3.05, 3.63) is 64.7 Å². The predicted octanol–water partition coefficient (Wildman–Crippen LogP) is 3.26. The first-order valence-electron chi connectivity index (χ1n) is 15.5. The van der Waals surface area contributed by atoms with Crippen molar-refractivity contribution in [1.82, 2.24) is 20.9 Å². The average molecular weight is 613 g/mol. The summed E-state index contributed by atoms with van der Waals surface area (Å²) < 4.78 is 6.13. The van der Waals surface area contributed by atoms with Crippen LogP contribution >= 0.6 is 11.6 Å². The Bertz CT molecular complexity index is 1220. The van der Waals surface area contributed by atoms with Gasteiger partial charge in [-0.2, -0.15) is 0 Å². The zero-order valence-corrected chi connectivity index (χ0v) is 25.9. The second-order valence-corrected chi connectivity index (χ2v) is 12.1. The third kappa shape index (κ3) is 9.17. The Kier molecular flexibility index (Phi) is 12.3. The number of aliphatic hydroxyl groups is 1. The van der Waals surface area contributed by atoms with Gasteiger partial charge in [0.25, 0.3) is 0 Å². The van der Waals surface area contributed by atoms with Gasteiger partial charge >= 0.3 is 0 Å². The molecule has 10 heteroatoms. The van der Waals surface area contributed by atoms with Crippen LogP contribution in [-0.2, 0) is 27.2 Å². The van der Waals surface area contributed by atoms with Gasteiger partial charge in [-0.1, -0.05) is 61.2 Å². The zero-order chi connectivity index (χ0) is 30.8. The fourth-order valence-corrected chi connectivity index (χ4v) is 6.29. The van der Waals surface area contributed by atoms with Crippen molar-refractivity contribution in [2.45, 2.75) is 82.5 Å². The number of nitrogens with one attached hydrogen (secondary N) is 3. The summed E-state index contributed by atoms with van der Waals surface area (Å²) >= 11 is 6.06. The molecule has 43 heavy (non-hydrogen) atoms. The molecule has 0 radical (unpaired) electrons. The number of rotatable bonds is 4. The maximum Gasteiger partial charge on any atom is 0.246 e. The van der Waals surface area contributed by atoms with Gasteiger partial charge in [-0.3, -0.25) is 14.4 Å². The molecule has 1 aliphatic carbocycles. The standard InChI is InChI=1S/C33H45ClN4O5/c1-22(39)30-32(41)37-27(21-23-14-16-26(34)17-15-23)31(40)36-18-8-12-24-9-6-7-13-28(24)43-20-19-35-29(33(42)38(30)2)25-10-4-3-5-11-25/h6-7,9,13-17,22,25,27,29-30,35,39H,3-5,8,10-12,18-21H2,1-2H3,(H,36,40)(H,37,41)/t22?,27-,29+,30+/m1/s1. The van der Waals surface area contributed by atoms with Crippen LogP contribution in [0.25, 0.3) is 0 Å². The molecule has 1 unspecified atom stereocenters. The summed E-state index contributed by atoms with van der Waals surface area (Å²) in [7, 11) is 1.55. The van der Waals surface area contributed by atoms with Crippen LogP contribution in [-0.4, -0.2) is 78.7 Å². The van der Waals surface area contributed by atoms with Crippen molar-refractivity contribution in [3.8, 4) is 5.75 Å². The molecule has 2 aromatic carbocycles. The van der Waals surface area contributed by atoms with Crippen LogP contribution in [0.5, 0.6) is 5.75 Å². The number of ether oxygens (including phenoxy) is 1. The van der Waals surface area contributed by atoms with Crippen molar-refractivity contribution < 1.29 is 24.2 Å². The molecule has 4 rings (SSSR count). The number of aryl methyl sites for hydroxylation is 1. The predicted molar refractivity (Wildman–Crippen MR) is 167 cm³/mol. The van der Waals surface area contributed by atoms with Gasteiger partial charge in [0.15, 0.2) is 0 Å². The number of halogens is 1. The van der Waals surface area contributed by atoms with E-state index in [9.17, 15) is 19.5 Å². The second-order valence-electron chi connectivity index (χ2n) is 11.7. The summed E-state index contributed by atoms with van der Waals surface area (Å²) in [5.74, 6) is -0.276. The zero-order valence-electron chi connectivity index (χ0n) is 25.2. The molecule has 4 N–H and O–H groups in total. The van der Waals surface area contributed by atoms with Crippen LogP contribution in [0.1, 0.15) is 56.6 Å². The quantitative estimate of drug-likeness (QED) is 0.421. The number of hydrogen-bond acceptors (Lipinski definition) is 6. The van der Waals surface area contributed by atoms with E-state index in [2.05, 4.69) is 16.0 Å². The Labute approximate surface area is 259 Å². The Hall–Kier alpha value is -3.14. The minimum Gasteiger partial charge on any atom is -0.492 e. The molecule has 0 saturated heterocycles. The van der Waals surface area contributed by atoms with Crippen molar-refractivity contribution >= 4 is 29.3 Å². The lowest BCUT2D eigenvalue weighted by atomic mass is 9.83. The van der Waals surface area contributed by atoms with Crippen molar-refractivity contribution in [1.29, 1.82) is 0 Å². The summed E-state index contributed by atoms with van der Waals surface area (Å²) in [4.78, 5) is 42.5. The molecule has 0 aromatic heterocycles. The van der Waals surface area contributed by atoms with Crippen LogP contribution in [0.4, 0.5) is 0 Å². The highest BCUT2D eigenvalue weighted by Crippen LogP contribution is 2.28. The van der Waals surface area contributed by atoms with E-state index >= 15 is 0 Å². The Morgan fingerprint density at radius 3 is 2.42 bits per heavy atom. The minimum atomic E-state index is -1.18. The van der Waals surface area contributed by atoms with Crippen LogP contribution < -0.4 is 20.7 Å². The van der Waals surface area contributed by atoms with E-state index in [1.807, 2.05) is 36.4 Å². The van der Waals surface area contributed by atoms with Crippen LogP contribution in [0, 0.1) is 5.92 Å². The number of likely N-dealkylation sites (N-methyl/N-ethyl adjacent to an activating group) is 1. The lowest BCUT2D eigenvalue weighted by Gasteiger charge is -2.37. The number of nitrogens with zero attached hydrogens (tertiary/aromatic N) is 1. The van der Waals surface area contributed by atoms with Crippen LogP contribution in [0.2, 0.25) is 5.02 Å². The van der Waals surface area contributed by atoms with Gasteiger partial charge < -0.3 is 30.7 Å². The summed E-state index contributed by atoms with van der Waals surface area (Å²) in [6.45, 7) is 2.73. The molecule has 1 saturated carbocycles. The molecule has 0 bridgehead atoms. The van der Waals surface area contributed by atoms with E-state index in [1.54, 1.807) is 19.2 Å². The normalized spacial score (nSPS) is 24.5. The lowest BCUT2D eigenvalue weighted by molar-refractivity contribution is -0.146. The van der Waals surface area contributed by atoms with Gasteiger partial charge in [0.2, 0.25) is 17.7 Å². The van der Waals surface area contributed by atoms with Gasteiger partial charge in [0, 0.05) is 31.6 Å². The molecule has 3 amide bonds. The summed E-state index contributed by atoms with van der Waals surface area (Å²) in [5, 5.41) is 20.6. The van der Waals surface area contributed by atoms with Crippen LogP contribution in [0.15, 0.2) is 48.5 Å². The second kappa shape index (κ2) is 16.1. The number of para-hydroxylation sites is 1. The molecule has 234 valence electrons. The van der Waals surface area contributed by atoms with Gasteiger partial charge in [-0.15, -0.1) is 0 Å². The molecule has 4 atom stereocenters. The number of benzene rings is 2. The highest BCUT2D eigenvalue weighted by Gasteiger charge is 2.38. The maximum absolute atomic E-state index is 14.0. The number of carbonyl (C=O) groups excluding carboxylic acids is 3. The van der Waals surface area contributed by atoms with E-state index in [0.717, 1.165) is 49.0 Å². The fraction of sp³-hybridized carbons (Fsp3) is 0.545. The Morgan fingerprint density at radius 1 is 0.977 bits per heavy atom. The molecule has 1 aliphatic heterocycles. The number of carbonyl (C=O) groups is 3. The summed E-state index contributed by atoms with van der Waals surface area (Å²) in [5.41, 5.74) is 1.86. The maximum atomic E-state index is 14.0. The van der Waals surface area contributed by atoms with E-state index in [0.29, 0.717) is 37.6 Å². The average Bonchev–Trinajstić information content (AvgIpc) is 3.00. The van der Waals surface area contributed by atoms with Crippen molar-refractivity contribution in [2.75, 3.05) is 26.7 Å². The van der Waals surface area contributed by atoms with Crippen molar-refractivity contribution in [3.63, 3.8) is 0 Å². The smallest absolute Gasteiger partial charge is 0.246 e. The molecule has 2 aliphatic rings. The van der Waals surface area contributed by atoms with E-state index in [4.69, 9.17) is 16.3 Å². The van der Waals surface area contributed by atoms with Gasteiger partial charge in [-0.25, -0.2) is 0 Å². The highest BCUT2D eigenvalue weighted by molar-refractivity contribution is 6.30. The van der Waals surface area contributed by atoms with E-state index < -0.39 is 30.1 Å². The Balaban J connectivity index is 1.62. The molecule has 0 spiro atoms. The third-order valence-corrected chi connectivity index (χ3v) is 8.73. The van der Waals surface area contributed by atoms with E-state index in [1.165, 1.54) is 11.8 Å². The minimum absolute atomic E-state index is 0.114. The molecule has 2 aromatic rings. The first-order valence-corrected chi connectivity index (χ1v) is 15.8. The topological polar surface area (TPSA) is 120 Å². The first-order chi connectivity index (χ1) is 20.7. The van der Waals surface area contributed by atoms with Crippen molar-refractivity contribution in [2.24, 2.45) is 5.92 Å². The largest absolute Gasteiger partial charge is 0.492 e. The third-order valence-electron chi connectivity index (χ3n) is 8.48. The summed E-state index contributed by atoms with van der Waals surface area (Å²) in [6.07, 6.45) is 5.51. The van der Waals surface area contributed by atoms with Gasteiger partial charge in [0.1, 0.15) is 24.4 Å². The summed E-state index contributed by atoms with van der Waals surface area (Å²) in [6, 6.07) is 12.3.